The van der Waals surface area contributed by atoms with Crippen molar-refractivity contribution in [2.75, 3.05) is 13.7 Å². The van der Waals surface area contributed by atoms with Crippen molar-refractivity contribution in [2.24, 2.45) is 5.41 Å². The number of hydrogen-bond donors (Lipinski definition) is 2. The maximum Gasteiger partial charge on any atom is 0.311 e. The van der Waals surface area contributed by atoms with Gasteiger partial charge in [-0.2, -0.15) is 0 Å². The van der Waals surface area contributed by atoms with Crippen molar-refractivity contribution in [3.05, 3.63) is 23.9 Å². The zero-order valence-electron chi connectivity index (χ0n) is 10.7. The lowest BCUT2D eigenvalue weighted by molar-refractivity contribution is -0.153. The molecule has 1 saturated carbocycles. The predicted molar refractivity (Wildman–Crippen MR) is 67.0 cm³/mol. The Morgan fingerprint density at radius 3 is 2.79 bits per heavy atom. The molecule has 1 aromatic rings. The number of methoxy groups -OCH3 is 1. The van der Waals surface area contributed by atoms with Crippen LogP contribution in [0.25, 0.3) is 0 Å². The smallest absolute Gasteiger partial charge is 0.311 e. The summed E-state index contributed by atoms with van der Waals surface area (Å²) in [5.74, 6) is -0.979. The molecule has 1 amide bonds. The fraction of sp³-hybridized carbons (Fsp3) is 0.462. The minimum absolute atomic E-state index is 0.138. The summed E-state index contributed by atoms with van der Waals surface area (Å²) >= 11 is 0. The number of nitrogens with one attached hydrogen (secondary N) is 1. The van der Waals surface area contributed by atoms with E-state index in [-0.39, 0.29) is 18.3 Å². The van der Waals surface area contributed by atoms with Crippen molar-refractivity contribution in [3.63, 3.8) is 0 Å². The Hall–Kier alpha value is -2.11. The molecule has 1 aromatic heterocycles. The first-order chi connectivity index (χ1) is 9.09. The van der Waals surface area contributed by atoms with E-state index in [1.54, 1.807) is 12.1 Å². The summed E-state index contributed by atoms with van der Waals surface area (Å²) in [5, 5.41) is 11.8. The second-order valence-corrected chi connectivity index (χ2v) is 4.68. The number of carbonyl (C=O) groups excluding carboxylic acids is 1. The van der Waals surface area contributed by atoms with E-state index in [1.165, 1.54) is 13.3 Å². The van der Waals surface area contributed by atoms with Gasteiger partial charge in [0.2, 0.25) is 5.88 Å². The summed E-state index contributed by atoms with van der Waals surface area (Å²) in [6.07, 6.45) is 3.62. The Bertz CT molecular complexity index is 497. The first-order valence-corrected chi connectivity index (χ1v) is 6.10. The number of carboxylic acid groups (broad SMARTS) is 1. The van der Waals surface area contributed by atoms with Gasteiger partial charge in [0.05, 0.1) is 12.5 Å². The molecule has 1 fully saturated rings. The van der Waals surface area contributed by atoms with Gasteiger partial charge in [-0.3, -0.25) is 9.59 Å². The number of carboxylic acids is 1. The fourth-order valence-corrected chi connectivity index (χ4v) is 2.14. The van der Waals surface area contributed by atoms with E-state index in [4.69, 9.17) is 4.74 Å². The van der Waals surface area contributed by atoms with Crippen LogP contribution in [0.1, 0.15) is 29.6 Å². The quantitative estimate of drug-likeness (QED) is 0.830. The zero-order chi connectivity index (χ0) is 13.9. The third-order valence-electron chi connectivity index (χ3n) is 3.56. The molecule has 2 N–H and O–H groups in total. The summed E-state index contributed by atoms with van der Waals surface area (Å²) in [4.78, 5) is 27.1. The highest BCUT2D eigenvalue weighted by Gasteiger charge is 2.44. The van der Waals surface area contributed by atoms with Gasteiger partial charge in [-0.1, -0.05) is 6.42 Å². The Labute approximate surface area is 110 Å². The monoisotopic (exact) mass is 264 g/mol. The van der Waals surface area contributed by atoms with Crippen LogP contribution < -0.4 is 10.1 Å². The lowest BCUT2D eigenvalue weighted by Gasteiger charge is -2.37. The van der Waals surface area contributed by atoms with Gasteiger partial charge in [-0.25, -0.2) is 4.98 Å². The summed E-state index contributed by atoms with van der Waals surface area (Å²) in [5.41, 5.74) is -0.490. The summed E-state index contributed by atoms with van der Waals surface area (Å²) < 4.78 is 5.00. The van der Waals surface area contributed by atoms with Crippen LogP contribution in [0, 0.1) is 5.41 Å². The Kier molecular flexibility index (Phi) is 3.69. The summed E-state index contributed by atoms with van der Waals surface area (Å²) in [6.45, 7) is 0.138. The minimum Gasteiger partial charge on any atom is -0.481 e. The largest absolute Gasteiger partial charge is 0.481 e. The maximum absolute atomic E-state index is 12.0. The number of aliphatic carboxylic acids is 1. The molecule has 0 saturated heterocycles. The molecule has 0 atom stereocenters. The number of rotatable bonds is 5. The number of pyridine rings is 1. The van der Waals surface area contributed by atoms with E-state index >= 15 is 0 Å². The molecule has 1 aliphatic carbocycles. The van der Waals surface area contributed by atoms with Gasteiger partial charge in [0.1, 0.15) is 5.56 Å². The molecular weight excluding hydrogens is 248 g/mol. The van der Waals surface area contributed by atoms with Crippen LogP contribution >= 0.6 is 0 Å². The van der Waals surface area contributed by atoms with Crippen molar-refractivity contribution in [3.8, 4) is 5.88 Å². The fourth-order valence-electron chi connectivity index (χ4n) is 2.14. The Morgan fingerprint density at radius 1 is 1.53 bits per heavy atom. The van der Waals surface area contributed by atoms with Crippen LogP contribution in [0.2, 0.25) is 0 Å². The summed E-state index contributed by atoms with van der Waals surface area (Å²) in [7, 11) is 1.43. The average molecular weight is 264 g/mol. The van der Waals surface area contributed by atoms with Gasteiger partial charge < -0.3 is 15.2 Å². The molecular formula is C13H16N2O4. The second kappa shape index (κ2) is 5.26. The van der Waals surface area contributed by atoms with Crippen LogP contribution in [0.3, 0.4) is 0 Å². The van der Waals surface area contributed by atoms with Gasteiger partial charge in [-0.15, -0.1) is 0 Å². The molecule has 6 heteroatoms. The third-order valence-corrected chi connectivity index (χ3v) is 3.56. The molecule has 102 valence electrons. The first-order valence-electron chi connectivity index (χ1n) is 6.10. The lowest BCUT2D eigenvalue weighted by atomic mass is 9.69. The zero-order valence-corrected chi connectivity index (χ0v) is 10.7. The lowest BCUT2D eigenvalue weighted by Crippen LogP contribution is -2.47. The van der Waals surface area contributed by atoms with E-state index in [0.29, 0.717) is 18.4 Å². The average Bonchev–Trinajstić information content (AvgIpc) is 2.36. The highest BCUT2D eigenvalue weighted by molar-refractivity contribution is 5.96. The highest BCUT2D eigenvalue weighted by atomic mass is 16.5. The molecule has 0 unspecified atom stereocenters. The van der Waals surface area contributed by atoms with Crippen molar-refractivity contribution in [1.82, 2.24) is 10.3 Å². The van der Waals surface area contributed by atoms with Gasteiger partial charge in [0.25, 0.3) is 5.91 Å². The van der Waals surface area contributed by atoms with E-state index in [1.807, 2.05) is 0 Å². The third kappa shape index (κ3) is 2.52. The standard InChI is InChI=1S/C13H16N2O4/c1-19-11-9(4-2-7-14-11)10(16)15-8-13(12(17)18)5-3-6-13/h2,4,7H,3,5-6,8H2,1H3,(H,15,16)(H,17,18). The molecule has 1 aliphatic rings. The van der Waals surface area contributed by atoms with E-state index in [9.17, 15) is 14.7 Å². The SMILES string of the molecule is COc1ncccc1C(=O)NCC1(C(=O)O)CCC1. The van der Waals surface area contributed by atoms with Crippen molar-refractivity contribution in [1.29, 1.82) is 0 Å². The van der Waals surface area contributed by atoms with Crippen molar-refractivity contribution in [2.45, 2.75) is 19.3 Å². The molecule has 1 heterocycles. The van der Waals surface area contributed by atoms with Gasteiger partial charge in [-0.05, 0) is 25.0 Å². The molecule has 0 spiro atoms. The molecule has 2 rings (SSSR count). The number of hydrogen-bond acceptors (Lipinski definition) is 4. The number of aromatic nitrogens is 1. The topological polar surface area (TPSA) is 88.5 Å². The minimum atomic E-state index is -0.850. The van der Waals surface area contributed by atoms with Crippen LogP contribution in [-0.4, -0.2) is 35.6 Å². The van der Waals surface area contributed by atoms with E-state index < -0.39 is 11.4 Å². The highest BCUT2D eigenvalue weighted by Crippen LogP contribution is 2.40. The van der Waals surface area contributed by atoms with Crippen molar-refractivity contribution < 1.29 is 19.4 Å². The van der Waals surface area contributed by atoms with E-state index in [0.717, 1.165) is 6.42 Å². The van der Waals surface area contributed by atoms with Crippen LogP contribution in [0.15, 0.2) is 18.3 Å². The molecule has 19 heavy (non-hydrogen) atoms. The summed E-state index contributed by atoms with van der Waals surface area (Å²) in [6, 6.07) is 3.23. The Balaban J connectivity index is 2.03. The normalized spacial score (nSPS) is 16.3. The molecule has 6 nitrogen and oxygen atoms in total. The van der Waals surface area contributed by atoms with E-state index in [2.05, 4.69) is 10.3 Å². The number of ether oxygens (including phenoxy) is 1. The first kappa shape index (κ1) is 13.3. The molecule has 0 aliphatic heterocycles. The number of nitrogens with zero attached hydrogens (tertiary/aromatic N) is 1. The molecule has 0 radical (unpaired) electrons. The molecule has 0 bridgehead atoms. The van der Waals surface area contributed by atoms with Crippen LogP contribution in [0.4, 0.5) is 0 Å². The van der Waals surface area contributed by atoms with Crippen LogP contribution in [-0.2, 0) is 4.79 Å². The second-order valence-electron chi connectivity index (χ2n) is 4.68. The van der Waals surface area contributed by atoms with Gasteiger partial charge >= 0.3 is 5.97 Å². The van der Waals surface area contributed by atoms with Gasteiger partial charge in [0, 0.05) is 12.7 Å². The van der Waals surface area contributed by atoms with Crippen LogP contribution in [0.5, 0.6) is 5.88 Å². The van der Waals surface area contributed by atoms with Gasteiger partial charge in [0.15, 0.2) is 0 Å². The maximum atomic E-state index is 12.0. The predicted octanol–water partition coefficient (Wildman–Crippen LogP) is 1.07. The Morgan fingerprint density at radius 2 is 2.26 bits per heavy atom. The number of amides is 1. The molecule has 0 aromatic carbocycles. The number of carbonyl (C=O) groups is 2. The van der Waals surface area contributed by atoms with Crippen molar-refractivity contribution >= 4 is 11.9 Å².